The summed E-state index contributed by atoms with van der Waals surface area (Å²) in [5.74, 6) is -1.29. The van der Waals surface area contributed by atoms with E-state index in [1.54, 1.807) is 18.2 Å². The molecule has 4 N–H and O–H groups in total. The van der Waals surface area contributed by atoms with Crippen LogP contribution in [-0.4, -0.2) is 23.9 Å². The third kappa shape index (κ3) is 6.21. The molecule has 0 aliphatic rings. The number of benzene rings is 3. The minimum atomic E-state index is -3.87. The number of primary sulfonamides is 1. The molecule has 0 unspecified atom stereocenters. The first-order valence-electron chi connectivity index (χ1n) is 11.9. The van der Waals surface area contributed by atoms with Crippen molar-refractivity contribution in [2.24, 2.45) is 12.2 Å². The predicted molar refractivity (Wildman–Crippen MR) is 149 cm³/mol. The van der Waals surface area contributed by atoms with Crippen LogP contribution in [0.1, 0.15) is 36.7 Å². The van der Waals surface area contributed by atoms with Gasteiger partial charge in [-0.15, -0.1) is 0 Å². The lowest BCUT2D eigenvalue weighted by atomic mass is 9.87. The number of rotatable bonds is 6. The highest BCUT2D eigenvalue weighted by molar-refractivity contribution is 7.89. The largest absolute Gasteiger partial charge is 0.336 e. The quantitative estimate of drug-likeness (QED) is 0.323. The van der Waals surface area contributed by atoms with Crippen molar-refractivity contribution in [2.75, 3.05) is 10.6 Å². The lowest BCUT2D eigenvalue weighted by molar-refractivity contribution is 0.102. The Morgan fingerprint density at radius 2 is 1.64 bits per heavy atom. The number of anilines is 3. The van der Waals surface area contributed by atoms with Gasteiger partial charge in [-0.25, -0.2) is 22.9 Å². The SMILES string of the molecule is Cn1cc(-c2cccc(NC(=O)c3ccc(C(C)(C)C)cc3)c2F)nc(Nc2ccc(S(N)(=O)=O)cc2)c1=O. The van der Waals surface area contributed by atoms with Gasteiger partial charge in [0.05, 0.1) is 16.3 Å². The van der Waals surface area contributed by atoms with Crippen LogP contribution < -0.4 is 21.3 Å². The molecular formula is C28H28FN5O4S. The van der Waals surface area contributed by atoms with Gasteiger partial charge in [-0.3, -0.25) is 9.59 Å². The maximum Gasteiger partial charge on any atom is 0.293 e. The van der Waals surface area contributed by atoms with Crippen molar-refractivity contribution in [1.29, 1.82) is 0 Å². The Morgan fingerprint density at radius 3 is 2.23 bits per heavy atom. The van der Waals surface area contributed by atoms with Gasteiger partial charge >= 0.3 is 0 Å². The van der Waals surface area contributed by atoms with Crippen molar-refractivity contribution in [3.8, 4) is 11.3 Å². The first kappa shape index (κ1) is 27.7. The number of aryl methyl sites for hydroxylation is 1. The van der Waals surface area contributed by atoms with Crippen molar-refractivity contribution in [1.82, 2.24) is 9.55 Å². The van der Waals surface area contributed by atoms with Crippen molar-refractivity contribution in [2.45, 2.75) is 31.1 Å². The van der Waals surface area contributed by atoms with E-state index in [0.717, 1.165) is 5.56 Å². The van der Waals surface area contributed by atoms with Crippen LogP contribution in [0.25, 0.3) is 11.3 Å². The average Bonchev–Trinajstić information content (AvgIpc) is 2.87. The fraction of sp³-hybridized carbons (Fsp3) is 0.179. The van der Waals surface area contributed by atoms with Crippen LogP contribution in [0.3, 0.4) is 0 Å². The van der Waals surface area contributed by atoms with E-state index in [2.05, 4.69) is 36.4 Å². The number of aromatic nitrogens is 2. The van der Waals surface area contributed by atoms with E-state index < -0.39 is 27.3 Å². The number of amides is 1. The minimum Gasteiger partial charge on any atom is -0.336 e. The van der Waals surface area contributed by atoms with Crippen molar-refractivity contribution in [3.05, 3.63) is 100 Å². The second-order valence-corrected chi connectivity index (χ2v) is 11.6. The molecule has 39 heavy (non-hydrogen) atoms. The van der Waals surface area contributed by atoms with Gasteiger partial charge in [-0.2, -0.15) is 0 Å². The van der Waals surface area contributed by atoms with E-state index in [0.29, 0.717) is 11.3 Å². The number of carbonyl (C=O) groups excluding carboxylic acids is 1. The van der Waals surface area contributed by atoms with Gasteiger partial charge < -0.3 is 15.2 Å². The molecule has 0 aliphatic carbocycles. The van der Waals surface area contributed by atoms with Gasteiger partial charge in [-0.1, -0.05) is 39.0 Å². The Labute approximate surface area is 225 Å². The molecule has 0 fully saturated rings. The van der Waals surface area contributed by atoms with Gasteiger partial charge in [0.2, 0.25) is 10.0 Å². The summed E-state index contributed by atoms with van der Waals surface area (Å²) in [7, 11) is -2.38. The molecule has 0 bridgehead atoms. The van der Waals surface area contributed by atoms with Crippen LogP contribution in [0, 0.1) is 5.82 Å². The first-order valence-corrected chi connectivity index (χ1v) is 13.5. The van der Waals surface area contributed by atoms with Gasteiger partial charge in [0.25, 0.3) is 11.5 Å². The molecule has 0 aliphatic heterocycles. The molecule has 0 saturated heterocycles. The Morgan fingerprint density at radius 1 is 1.00 bits per heavy atom. The van der Waals surface area contributed by atoms with Crippen LogP contribution in [0.15, 0.2) is 82.6 Å². The number of halogens is 1. The Balaban J connectivity index is 1.62. The Bertz CT molecular complexity index is 1710. The summed E-state index contributed by atoms with van der Waals surface area (Å²) in [6.45, 7) is 6.21. The van der Waals surface area contributed by atoms with Crippen molar-refractivity contribution >= 4 is 33.1 Å². The number of hydrogen-bond donors (Lipinski definition) is 3. The van der Waals surface area contributed by atoms with Gasteiger partial charge in [-0.05, 0) is 59.5 Å². The summed E-state index contributed by atoms with van der Waals surface area (Å²) in [6, 6.07) is 17.1. The first-order chi connectivity index (χ1) is 18.2. The summed E-state index contributed by atoms with van der Waals surface area (Å²) in [5.41, 5.74) is 1.44. The highest BCUT2D eigenvalue weighted by Crippen LogP contribution is 2.28. The van der Waals surface area contributed by atoms with E-state index in [4.69, 9.17) is 5.14 Å². The van der Waals surface area contributed by atoms with Crippen molar-refractivity contribution in [3.63, 3.8) is 0 Å². The predicted octanol–water partition coefficient (Wildman–Crippen LogP) is 4.53. The van der Waals surface area contributed by atoms with Crippen LogP contribution >= 0.6 is 0 Å². The molecule has 4 aromatic rings. The zero-order valence-corrected chi connectivity index (χ0v) is 22.6. The average molecular weight is 550 g/mol. The molecule has 0 saturated carbocycles. The molecule has 1 aromatic heterocycles. The molecule has 1 heterocycles. The topological polar surface area (TPSA) is 136 Å². The standard InChI is InChI=1S/C28H28FN5O4S/c1-28(2,3)18-10-8-17(9-11-18)26(35)33-22-7-5-6-21(24(22)29)23-16-34(4)27(36)25(32-23)31-19-12-14-20(15-13-19)39(30,37)38/h5-16H,1-4H3,(H,31,32)(H,33,35)(H2,30,37,38). The third-order valence-electron chi connectivity index (χ3n) is 6.05. The smallest absolute Gasteiger partial charge is 0.293 e. The van der Waals surface area contributed by atoms with Crippen LogP contribution in [0.2, 0.25) is 0 Å². The third-order valence-corrected chi connectivity index (χ3v) is 6.98. The maximum absolute atomic E-state index is 15.6. The minimum absolute atomic E-state index is 0.0406. The number of sulfonamides is 1. The molecule has 11 heteroatoms. The van der Waals surface area contributed by atoms with E-state index in [9.17, 15) is 18.0 Å². The fourth-order valence-corrected chi connectivity index (χ4v) is 4.34. The molecule has 0 spiro atoms. The number of hydrogen-bond acceptors (Lipinski definition) is 6. The lowest BCUT2D eigenvalue weighted by Crippen LogP contribution is -2.21. The Kier molecular flexibility index (Phi) is 7.40. The highest BCUT2D eigenvalue weighted by Gasteiger charge is 2.18. The summed E-state index contributed by atoms with van der Waals surface area (Å²) in [5, 5.41) is 10.6. The number of nitrogens with zero attached hydrogens (tertiary/aromatic N) is 2. The molecule has 9 nitrogen and oxygen atoms in total. The monoisotopic (exact) mass is 549 g/mol. The molecule has 3 aromatic carbocycles. The maximum atomic E-state index is 15.6. The fourth-order valence-electron chi connectivity index (χ4n) is 3.82. The molecule has 202 valence electrons. The molecule has 4 rings (SSSR count). The van der Waals surface area contributed by atoms with E-state index >= 15 is 4.39 Å². The summed E-state index contributed by atoms with van der Waals surface area (Å²) >= 11 is 0. The molecule has 0 atom stereocenters. The summed E-state index contributed by atoms with van der Waals surface area (Å²) in [4.78, 5) is 29.7. The second kappa shape index (κ2) is 10.4. The number of nitrogens with one attached hydrogen (secondary N) is 2. The molecule has 1 amide bonds. The normalized spacial score (nSPS) is 11.7. The van der Waals surface area contributed by atoms with Crippen LogP contribution in [-0.2, 0) is 22.5 Å². The summed E-state index contributed by atoms with van der Waals surface area (Å²) in [6.07, 6.45) is 1.38. The van der Waals surface area contributed by atoms with E-state index in [1.165, 1.54) is 54.2 Å². The molecule has 0 radical (unpaired) electrons. The zero-order chi connectivity index (χ0) is 28.5. The van der Waals surface area contributed by atoms with E-state index in [1.807, 2.05) is 12.1 Å². The number of carbonyl (C=O) groups is 1. The van der Waals surface area contributed by atoms with Crippen molar-refractivity contribution < 1.29 is 17.6 Å². The van der Waals surface area contributed by atoms with Crippen LogP contribution in [0.4, 0.5) is 21.6 Å². The van der Waals surface area contributed by atoms with Gasteiger partial charge in [0.1, 0.15) is 0 Å². The van der Waals surface area contributed by atoms with Crippen LogP contribution in [0.5, 0.6) is 0 Å². The summed E-state index contributed by atoms with van der Waals surface area (Å²) < 4.78 is 39.8. The van der Waals surface area contributed by atoms with Gasteiger partial charge in [0.15, 0.2) is 11.6 Å². The zero-order valence-electron chi connectivity index (χ0n) is 21.8. The Hall–Kier alpha value is -4.35. The highest BCUT2D eigenvalue weighted by atomic mass is 32.2. The molecular weight excluding hydrogens is 521 g/mol. The second-order valence-electron chi connectivity index (χ2n) is 10.0. The number of nitrogens with two attached hydrogens (primary N) is 1. The van der Waals surface area contributed by atoms with Gasteiger partial charge in [0, 0.05) is 30.1 Å². The van der Waals surface area contributed by atoms with E-state index in [-0.39, 0.29) is 33.1 Å². The lowest BCUT2D eigenvalue weighted by Gasteiger charge is -2.19.